The number of aromatic nitrogens is 6. The molecule has 0 radical (unpaired) electrons. The van der Waals surface area contributed by atoms with Crippen molar-refractivity contribution in [2.45, 2.75) is 38.1 Å². The smallest absolute Gasteiger partial charge is 0.378 e. The Morgan fingerprint density at radius 3 is 2.69 bits per heavy atom. The number of carbonyl (C=O) groups is 1. The van der Waals surface area contributed by atoms with Crippen molar-refractivity contribution in [3.8, 4) is 27.6 Å². The molecular weight excluding hydrogens is 483 g/mol. The molecule has 13 heteroatoms. The van der Waals surface area contributed by atoms with Crippen LogP contribution < -0.4 is 5.73 Å². The quantitative estimate of drug-likeness (QED) is 0.406. The van der Waals surface area contributed by atoms with Crippen LogP contribution >= 0.6 is 11.3 Å². The summed E-state index contributed by atoms with van der Waals surface area (Å²) >= 11 is 1.25. The van der Waals surface area contributed by atoms with Crippen molar-refractivity contribution in [2.24, 2.45) is 5.73 Å². The van der Waals surface area contributed by atoms with Gasteiger partial charge >= 0.3 is 6.18 Å². The molecule has 5 rings (SSSR count). The minimum Gasteiger partial charge on any atom is -0.378 e. The highest BCUT2D eigenvalue weighted by Gasteiger charge is 2.33. The number of halogens is 3. The first-order chi connectivity index (χ1) is 16.7. The fraction of sp³-hybridized carbons (Fsp3) is 0.318. The molecule has 1 amide bonds. The number of rotatable bonds is 7. The third-order valence-electron chi connectivity index (χ3n) is 5.73. The number of hydrogen-bond acceptors (Lipinski definition) is 7. The summed E-state index contributed by atoms with van der Waals surface area (Å²) in [5.74, 6) is -0.623. The maximum absolute atomic E-state index is 13.0. The van der Waals surface area contributed by atoms with E-state index in [1.54, 1.807) is 33.3 Å². The highest BCUT2D eigenvalue weighted by molar-refractivity contribution is 7.13. The van der Waals surface area contributed by atoms with Crippen molar-refractivity contribution >= 4 is 17.2 Å². The van der Waals surface area contributed by atoms with Gasteiger partial charge in [0.05, 0.1) is 35.8 Å². The number of pyridine rings is 1. The van der Waals surface area contributed by atoms with Crippen LogP contribution in [-0.4, -0.2) is 48.1 Å². The van der Waals surface area contributed by atoms with Gasteiger partial charge in [0, 0.05) is 29.9 Å². The molecule has 182 valence electrons. The van der Waals surface area contributed by atoms with Crippen LogP contribution in [0.2, 0.25) is 0 Å². The van der Waals surface area contributed by atoms with Crippen molar-refractivity contribution < 1.29 is 22.7 Å². The van der Waals surface area contributed by atoms with E-state index in [1.807, 2.05) is 6.92 Å². The molecule has 1 fully saturated rings. The average Bonchev–Trinajstić information content (AvgIpc) is 3.54. The number of nitrogens with zero attached hydrogens (tertiary/aromatic N) is 6. The molecule has 4 heterocycles. The highest BCUT2D eigenvalue weighted by Crippen LogP contribution is 2.37. The third kappa shape index (κ3) is 4.56. The van der Waals surface area contributed by atoms with E-state index in [1.165, 1.54) is 17.4 Å². The molecule has 1 saturated carbocycles. The molecule has 2 N–H and O–H groups in total. The fourth-order valence-corrected chi connectivity index (χ4v) is 4.62. The van der Waals surface area contributed by atoms with Gasteiger partial charge < -0.3 is 10.5 Å². The summed E-state index contributed by atoms with van der Waals surface area (Å²) in [6, 6.07) is 2.38. The van der Waals surface area contributed by atoms with Gasteiger partial charge in [0.15, 0.2) is 0 Å². The van der Waals surface area contributed by atoms with Crippen molar-refractivity contribution in [1.29, 1.82) is 0 Å². The van der Waals surface area contributed by atoms with Gasteiger partial charge in [0.2, 0.25) is 0 Å². The minimum atomic E-state index is -4.48. The summed E-state index contributed by atoms with van der Waals surface area (Å²) in [7, 11) is 0. The second-order valence-corrected chi connectivity index (χ2v) is 8.91. The van der Waals surface area contributed by atoms with Crippen LogP contribution in [0.25, 0.3) is 27.6 Å². The van der Waals surface area contributed by atoms with Gasteiger partial charge in [0.25, 0.3) is 5.91 Å². The Morgan fingerprint density at radius 1 is 1.26 bits per heavy atom. The molecule has 0 aromatic carbocycles. The summed E-state index contributed by atoms with van der Waals surface area (Å²) in [5.41, 5.74) is 6.50. The molecule has 1 aliphatic carbocycles. The standard InChI is InChI=1S/C22H20F3N7O2S/c1-2-34-15-5-14(6-15)31-10-18(19(30-31)16-4-3-13(8-27-16)22(23,24)25)32-9-12(7-28-32)21-29-17(11-35-21)20(26)33/h3-4,7-11,14-15H,2,5-6H2,1H3,(H2,26,33). The van der Waals surface area contributed by atoms with Gasteiger partial charge in [-0.05, 0) is 31.9 Å². The van der Waals surface area contributed by atoms with E-state index < -0.39 is 17.6 Å². The number of amides is 1. The molecule has 0 saturated heterocycles. The first-order valence-corrected chi connectivity index (χ1v) is 11.7. The molecule has 1 aliphatic rings. The van der Waals surface area contributed by atoms with E-state index in [4.69, 9.17) is 10.5 Å². The Morgan fingerprint density at radius 2 is 2.06 bits per heavy atom. The number of primary amides is 1. The van der Waals surface area contributed by atoms with Crippen LogP contribution in [0, 0.1) is 0 Å². The Labute approximate surface area is 201 Å². The Kier molecular flexibility index (Phi) is 5.89. The lowest BCUT2D eigenvalue weighted by Gasteiger charge is -2.34. The van der Waals surface area contributed by atoms with Crippen LogP contribution in [0.1, 0.15) is 41.9 Å². The van der Waals surface area contributed by atoms with Crippen LogP contribution in [0.5, 0.6) is 0 Å². The Balaban J connectivity index is 1.50. The van der Waals surface area contributed by atoms with Crippen molar-refractivity contribution in [3.63, 3.8) is 0 Å². The zero-order valence-corrected chi connectivity index (χ0v) is 19.3. The van der Waals surface area contributed by atoms with Gasteiger partial charge in [-0.25, -0.2) is 9.67 Å². The van der Waals surface area contributed by atoms with E-state index >= 15 is 0 Å². The predicted molar refractivity (Wildman–Crippen MR) is 121 cm³/mol. The monoisotopic (exact) mass is 503 g/mol. The maximum Gasteiger partial charge on any atom is 0.417 e. The number of alkyl halides is 3. The fourth-order valence-electron chi connectivity index (χ4n) is 3.83. The first kappa shape index (κ1) is 23.2. The van der Waals surface area contributed by atoms with Crippen LogP contribution in [0.4, 0.5) is 13.2 Å². The topological polar surface area (TPSA) is 114 Å². The summed E-state index contributed by atoms with van der Waals surface area (Å²) in [4.78, 5) is 19.6. The highest BCUT2D eigenvalue weighted by atomic mass is 32.1. The molecule has 9 nitrogen and oxygen atoms in total. The molecule has 35 heavy (non-hydrogen) atoms. The number of thiazole rings is 1. The number of carbonyl (C=O) groups excluding carboxylic acids is 1. The van der Waals surface area contributed by atoms with Crippen molar-refractivity contribution in [3.05, 3.63) is 53.6 Å². The number of nitrogens with two attached hydrogens (primary N) is 1. The van der Waals surface area contributed by atoms with Gasteiger partial charge in [-0.3, -0.25) is 14.5 Å². The molecule has 4 aromatic heterocycles. The van der Waals surface area contributed by atoms with E-state index in [2.05, 4.69) is 20.2 Å². The molecule has 0 atom stereocenters. The SMILES string of the molecule is CCOC1CC(n2cc(-n3cc(-c4nc(C(N)=O)cs4)cn3)c(-c3ccc(C(F)(F)F)cn3)n2)C1. The van der Waals surface area contributed by atoms with E-state index in [-0.39, 0.29) is 23.5 Å². The molecule has 0 bridgehead atoms. The lowest BCUT2D eigenvalue weighted by molar-refractivity contribution is -0.137. The van der Waals surface area contributed by atoms with Gasteiger partial charge in [-0.2, -0.15) is 23.4 Å². The molecule has 0 unspecified atom stereocenters. The van der Waals surface area contributed by atoms with Crippen LogP contribution in [0.3, 0.4) is 0 Å². The number of hydrogen-bond donors (Lipinski definition) is 1. The summed E-state index contributed by atoms with van der Waals surface area (Å²) in [5, 5.41) is 11.2. The van der Waals surface area contributed by atoms with Crippen LogP contribution in [0.15, 0.2) is 42.3 Å². The second-order valence-electron chi connectivity index (χ2n) is 8.05. The lowest BCUT2D eigenvalue weighted by Crippen LogP contribution is -2.33. The molecular formula is C22H20F3N7O2S. The van der Waals surface area contributed by atoms with E-state index in [0.29, 0.717) is 28.6 Å². The molecule has 0 spiro atoms. The average molecular weight is 504 g/mol. The third-order valence-corrected chi connectivity index (χ3v) is 6.62. The Bertz CT molecular complexity index is 1350. The minimum absolute atomic E-state index is 0.0978. The number of ether oxygens (including phenoxy) is 1. The van der Waals surface area contributed by atoms with Crippen LogP contribution in [-0.2, 0) is 10.9 Å². The predicted octanol–water partition coefficient (Wildman–Crippen LogP) is 4.11. The summed E-state index contributed by atoms with van der Waals surface area (Å²) < 4.78 is 48.1. The van der Waals surface area contributed by atoms with Gasteiger partial charge in [0.1, 0.15) is 22.1 Å². The lowest BCUT2D eigenvalue weighted by atomic mass is 9.89. The van der Waals surface area contributed by atoms with E-state index in [0.717, 1.165) is 25.1 Å². The van der Waals surface area contributed by atoms with Crippen molar-refractivity contribution in [1.82, 2.24) is 29.5 Å². The van der Waals surface area contributed by atoms with Gasteiger partial charge in [-0.1, -0.05) is 0 Å². The largest absolute Gasteiger partial charge is 0.417 e. The maximum atomic E-state index is 13.0. The summed E-state index contributed by atoms with van der Waals surface area (Å²) in [6.07, 6.45) is 3.13. The van der Waals surface area contributed by atoms with E-state index in [9.17, 15) is 18.0 Å². The Hall–Kier alpha value is -3.58. The molecule has 0 aliphatic heterocycles. The first-order valence-electron chi connectivity index (χ1n) is 10.8. The normalized spacial score (nSPS) is 17.9. The molecule has 4 aromatic rings. The zero-order valence-electron chi connectivity index (χ0n) is 18.4. The van der Waals surface area contributed by atoms with Gasteiger partial charge in [-0.15, -0.1) is 11.3 Å². The zero-order chi connectivity index (χ0) is 24.7. The van der Waals surface area contributed by atoms with Crippen molar-refractivity contribution in [2.75, 3.05) is 6.61 Å². The summed E-state index contributed by atoms with van der Waals surface area (Å²) in [6.45, 7) is 2.57. The second kappa shape index (κ2) is 8.89.